The summed E-state index contributed by atoms with van der Waals surface area (Å²) in [6.45, 7) is 0.892. The maximum atomic E-state index is 12.9. The third-order valence-electron chi connectivity index (χ3n) is 5.49. The van der Waals surface area contributed by atoms with E-state index in [2.05, 4.69) is 0 Å². The molecule has 8 heteroatoms. The third-order valence-corrected chi connectivity index (χ3v) is 5.49. The summed E-state index contributed by atoms with van der Waals surface area (Å²) in [6, 6.07) is 24.4. The lowest BCUT2D eigenvalue weighted by Gasteiger charge is -2.28. The molecule has 4 rings (SSSR count). The first kappa shape index (κ1) is 23.7. The molecule has 1 aliphatic rings. The second kappa shape index (κ2) is 10.2. The van der Waals surface area contributed by atoms with Gasteiger partial charge in [-0.05, 0) is 43.3 Å². The Morgan fingerprint density at radius 1 is 0.743 bits per heavy atom. The number of ether oxygens (including phenoxy) is 4. The van der Waals surface area contributed by atoms with E-state index in [0.717, 1.165) is 0 Å². The minimum absolute atomic E-state index is 0.202. The van der Waals surface area contributed by atoms with Crippen molar-refractivity contribution in [2.45, 2.75) is 24.7 Å². The smallest absolute Gasteiger partial charge is 0.355 e. The molecule has 178 valence electrons. The summed E-state index contributed by atoms with van der Waals surface area (Å²) < 4.78 is 21.8. The van der Waals surface area contributed by atoms with Crippen LogP contribution < -0.4 is 0 Å². The molecule has 3 atom stereocenters. The second-order valence-corrected chi connectivity index (χ2v) is 7.96. The van der Waals surface area contributed by atoms with Crippen molar-refractivity contribution in [3.63, 3.8) is 0 Å². The molecular weight excluding hydrogens is 452 g/mol. The zero-order valence-electron chi connectivity index (χ0n) is 18.8. The van der Waals surface area contributed by atoms with E-state index >= 15 is 0 Å². The molecule has 0 saturated carbocycles. The minimum atomic E-state index is -1.97. The van der Waals surface area contributed by atoms with E-state index in [1.807, 2.05) is 0 Å². The van der Waals surface area contributed by atoms with Gasteiger partial charge < -0.3 is 18.9 Å². The summed E-state index contributed by atoms with van der Waals surface area (Å²) in [5.41, 5.74) is -1.24. The van der Waals surface area contributed by atoms with Crippen molar-refractivity contribution in [3.8, 4) is 0 Å². The topological polar surface area (TPSA) is 105 Å². The number of carbonyl (C=O) groups is 4. The number of benzene rings is 3. The fraction of sp³-hybridized carbons (Fsp3) is 0.185. The summed E-state index contributed by atoms with van der Waals surface area (Å²) in [5.74, 6) is -3.12. The number of esters is 4. The van der Waals surface area contributed by atoms with Crippen molar-refractivity contribution < 1.29 is 38.1 Å². The van der Waals surface area contributed by atoms with Gasteiger partial charge >= 0.3 is 23.9 Å². The lowest BCUT2D eigenvalue weighted by Crippen LogP contribution is -2.50. The van der Waals surface area contributed by atoms with Crippen LogP contribution in [0.4, 0.5) is 0 Å². The maximum absolute atomic E-state index is 12.9. The Morgan fingerprint density at radius 2 is 1.20 bits per heavy atom. The summed E-state index contributed by atoms with van der Waals surface area (Å²) in [4.78, 5) is 50.9. The Labute approximate surface area is 201 Å². The largest absolute Gasteiger partial charge is 0.458 e. The first-order valence-corrected chi connectivity index (χ1v) is 10.9. The number of hydrogen-bond donors (Lipinski definition) is 0. The number of hydrogen-bond acceptors (Lipinski definition) is 8. The molecule has 0 amide bonds. The van der Waals surface area contributed by atoms with Crippen LogP contribution in [0.25, 0.3) is 0 Å². The van der Waals surface area contributed by atoms with Crippen LogP contribution >= 0.6 is 0 Å². The molecule has 0 aromatic heterocycles. The molecule has 1 saturated heterocycles. The molecular formula is C27H22O8. The highest BCUT2D eigenvalue weighted by Gasteiger charge is 2.60. The lowest BCUT2D eigenvalue weighted by atomic mass is 9.97. The quantitative estimate of drug-likeness (QED) is 0.378. The van der Waals surface area contributed by atoms with Crippen LogP contribution in [0.2, 0.25) is 0 Å². The number of rotatable bonds is 7. The third kappa shape index (κ3) is 5.22. The predicted molar refractivity (Wildman–Crippen MR) is 123 cm³/mol. The predicted octanol–water partition coefficient (Wildman–Crippen LogP) is 3.61. The van der Waals surface area contributed by atoms with E-state index in [9.17, 15) is 19.2 Å². The maximum Gasteiger partial charge on any atom is 0.355 e. The van der Waals surface area contributed by atoms with Crippen LogP contribution in [0.5, 0.6) is 0 Å². The first-order chi connectivity index (χ1) is 16.9. The zero-order valence-corrected chi connectivity index (χ0v) is 18.8. The van der Waals surface area contributed by atoms with E-state index in [0.29, 0.717) is 5.56 Å². The number of carbonyl (C=O) groups excluding carboxylic acids is 4. The molecule has 0 spiro atoms. The van der Waals surface area contributed by atoms with Gasteiger partial charge in [0.1, 0.15) is 6.61 Å². The highest BCUT2D eigenvalue weighted by Crippen LogP contribution is 2.34. The van der Waals surface area contributed by atoms with Crippen LogP contribution in [-0.2, 0) is 23.7 Å². The van der Waals surface area contributed by atoms with Gasteiger partial charge in [-0.25, -0.2) is 19.2 Å². The van der Waals surface area contributed by atoms with Gasteiger partial charge in [-0.2, -0.15) is 0 Å². The van der Waals surface area contributed by atoms with E-state index in [1.54, 1.807) is 66.7 Å². The SMILES string of the molecule is C[C@]1(OC(=O)c2ccccc2)C(=O)O[C@@H](COC(=O)c2ccccc2)[C@H]1OC(=O)c1ccccc1. The fourth-order valence-electron chi connectivity index (χ4n) is 3.60. The van der Waals surface area contributed by atoms with E-state index in [1.165, 1.54) is 31.2 Å². The standard InChI is InChI=1S/C27H22O8/c1-27(35-25(30)20-15-9-4-10-16-20)22(34-24(29)19-13-7-3-8-14-19)21(33-26(27)31)17-32-23(28)18-11-5-2-6-12-18/h2-16,21-22H,17H2,1H3/t21-,22+,27+/m0/s1. The molecule has 0 N–H and O–H groups in total. The van der Waals surface area contributed by atoms with Crippen molar-refractivity contribution in [1.82, 2.24) is 0 Å². The zero-order chi connectivity index (χ0) is 24.8. The molecule has 0 unspecified atom stereocenters. The summed E-state index contributed by atoms with van der Waals surface area (Å²) >= 11 is 0. The van der Waals surface area contributed by atoms with Gasteiger partial charge in [-0.1, -0.05) is 54.6 Å². The summed E-state index contributed by atoms with van der Waals surface area (Å²) in [7, 11) is 0. The van der Waals surface area contributed by atoms with Crippen LogP contribution in [-0.4, -0.2) is 48.3 Å². The van der Waals surface area contributed by atoms with Gasteiger partial charge in [0.2, 0.25) is 5.60 Å². The monoisotopic (exact) mass is 474 g/mol. The van der Waals surface area contributed by atoms with E-state index in [-0.39, 0.29) is 11.1 Å². The minimum Gasteiger partial charge on any atom is -0.458 e. The van der Waals surface area contributed by atoms with Gasteiger partial charge in [0.05, 0.1) is 16.7 Å². The molecule has 35 heavy (non-hydrogen) atoms. The van der Waals surface area contributed by atoms with E-state index in [4.69, 9.17) is 18.9 Å². The molecule has 1 aliphatic heterocycles. The normalized spacial score (nSPS) is 21.0. The van der Waals surface area contributed by atoms with Gasteiger partial charge in [0.25, 0.3) is 0 Å². The van der Waals surface area contributed by atoms with Crippen molar-refractivity contribution >= 4 is 23.9 Å². The Balaban J connectivity index is 1.57. The highest BCUT2D eigenvalue weighted by atomic mass is 16.7. The molecule has 0 aliphatic carbocycles. The van der Waals surface area contributed by atoms with Crippen molar-refractivity contribution in [2.24, 2.45) is 0 Å². The second-order valence-electron chi connectivity index (χ2n) is 7.96. The van der Waals surface area contributed by atoms with E-state index < -0.39 is 48.3 Å². The van der Waals surface area contributed by atoms with Crippen molar-refractivity contribution in [3.05, 3.63) is 108 Å². The van der Waals surface area contributed by atoms with Crippen molar-refractivity contribution in [2.75, 3.05) is 6.61 Å². The van der Waals surface area contributed by atoms with Gasteiger partial charge in [-0.3, -0.25) is 0 Å². The van der Waals surface area contributed by atoms with Crippen LogP contribution in [0.1, 0.15) is 38.0 Å². The molecule has 0 bridgehead atoms. The first-order valence-electron chi connectivity index (χ1n) is 10.9. The Morgan fingerprint density at radius 3 is 1.71 bits per heavy atom. The molecule has 0 radical (unpaired) electrons. The van der Waals surface area contributed by atoms with Gasteiger partial charge in [-0.15, -0.1) is 0 Å². The molecule has 1 fully saturated rings. The molecule has 8 nitrogen and oxygen atoms in total. The van der Waals surface area contributed by atoms with Crippen molar-refractivity contribution in [1.29, 1.82) is 0 Å². The van der Waals surface area contributed by atoms with Crippen LogP contribution in [0, 0.1) is 0 Å². The Kier molecular flexibility index (Phi) is 6.91. The van der Waals surface area contributed by atoms with Gasteiger partial charge in [0, 0.05) is 0 Å². The Hall–Kier alpha value is -4.46. The Bertz CT molecular complexity index is 1210. The number of cyclic esters (lactones) is 1. The summed E-state index contributed by atoms with van der Waals surface area (Å²) in [5, 5.41) is 0. The lowest BCUT2D eigenvalue weighted by molar-refractivity contribution is -0.156. The molecule has 3 aromatic rings. The van der Waals surface area contributed by atoms with Gasteiger partial charge in [0.15, 0.2) is 12.2 Å². The average Bonchev–Trinajstić information content (AvgIpc) is 3.12. The average molecular weight is 474 g/mol. The fourth-order valence-corrected chi connectivity index (χ4v) is 3.60. The van der Waals surface area contributed by atoms with Crippen LogP contribution in [0.3, 0.4) is 0 Å². The molecule has 1 heterocycles. The molecule has 3 aromatic carbocycles. The summed E-state index contributed by atoms with van der Waals surface area (Å²) in [6.07, 6.45) is -2.57. The highest BCUT2D eigenvalue weighted by molar-refractivity contribution is 5.95. The van der Waals surface area contributed by atoms with Crippen LogP contribution in [0.15, 0.2) is 91.0 Å².